The van der Waals surface area contributed by atoms with Crippen molar-refractivity contribution in [1.82, 2.24) is 4.90 Å². The molecule has 1 N–H and O–H groups in total. The molecule has 0 bridgehead atoms. The molecule has 0 aromatic heterocycles. The molecule has 0 spiro atoms. The van der Waals surface area contributed by atoms with Crippen LogP contribution in [0.2, 0.25) is 5.02 Å². The van der Waals surface area contributed by atoms with Crippen LogP contribution in [0.5, 0.6) is 5.75 Å². The number of hydrogen-bond donors (Lipinski definition) is 1. The number of nitrogens with one attached hydrogen (secondary N) is 1. The van der Waals surface area contributed by atoms with Crippen molar-refractivity contribution in [3.8, 4) is 5.75 Å². The second-order valence-electron chi connectivity index (χ2n) is 7.08. The molecule has 150 valence electrons. The molecule has 4 rings (SSSR count). The Balaban J connectivity index is 1.43. The average Bonchev–Trinajstić information content (AvgIpc) is 2.72. The van der Waals surface area contributed by atoms with Crippen LogP contribution in [-0.2, 0) is 4.79 Å². The maximum Gasteiger partial charge on any atom is 0.262 e. The maximum absolute atomic E-state index is 14.0. The number of hydrogen-bond acceptors (Lipinski definition) is 4. The molecule has 2 aliphatic heterocycles. The Morgan fingerprint density at radius 1 is 1.17 bits per heavy atom. The molecule has 1 saturated heterocycles. The van der Waals surface area contributed by atoms with Crippen molar-refractivity contribution in [3.05, 3.63) is 58.4 Å². The van der Waals surface area contributed by atoms with E-state index < -0.39 is 11.7 Å². The minimum absolute atomic E-state index is 0.0429. The monoisotopic (exact) mass is 416 g/mol. The summed E-state index contributed by atoms with van der Waals surface area (Å²) in [5.41, 5.74) is 0.828. The van der Waals surface area contributed by atoms with Gasteiger partial charge in [-0.25, -0.2) is 4.39 Å². The van der Waals surface area contributed by atoms with Gasteiger partial charge in [0.05, 0.1) is 16.3 Å². The summed E-state index contributed by atoms with van der Waals surface area (Å²) in [6.45, 7) is 0.633. The van der Waals surface area contributed by atoms with Crippen LogP contribution in [0.3, 0.4) is 0 Å². The van der Waals surface area contributed by atoms with E-state index in [2.05, 4.69) is 5.32 Å². The van der Waals surface area contributed by atoms with Gasteiger partial charge in [0.25, 0.3) is 11.8 Å². The van der Waals surface area contributed by atoms with Crippen molar-refractivity contribution in [1.29, 1.82) is 0 Å². The van der Waals surface area contributed by atoms with Gasteiger partial charge in [-0.3, -0.25) is 14.4 Å². The highest BCUT2D eigenvalue weighted by atomic mass is 35.5. The van der Waals surface area contributed by atoms with E-state index in [0.29, 0.717) is 42.9 Å². The van der Waals surface area contributed by atoms with Crippen LogP contribution in [0.4, 0.5) is 10.1 Å². The molecule has 6 nitrogen and oxygen atoms in total. The average molecular weight is 417 g/mol. The van der Waals surface area contributed by atoms with Gasteiger partial charge < -0.3 is 15.0 Å². The van der Waals surface area contributed by atoms with Gasteiger partial charge in [0, 0.05) is 24.6 Å². The Morgan fingerprint density at radius 2 is 1.93 bits per heavy atom. The van der Waals surface area contributed by atoms with Crippen LogP contribution < -0.4 is 10.1 Å². The topological polar surface area (TPSA) is 75.7 Å². The number of nitrogens with zero attached hydrogens (tertiary/aromatic N) is 1. The third kappa shape index (κ3) is 3.82. The highest BCUT2D eigenvalue weighted by Crippen LogP contribution is 2.31. The van der Waals surface area contributed by atoms with Gasteiger partial charge in [-0.15, -0.1) is 0 Å². The molecule has 0 radical (unpaired) electrons. The Morgan fingerprint density at radius 3 is 2.66 bits per heavy atom. The smallest absolute Gasteiger partial charge is 0.262 e. The molecular formula is C21H18ClFN2O4. The predicted molar refractivity (Wildman–Crippen MR) is 105 cm³/mol. The number of halogens is 2. The number of piperidine rings is 1. The number of benzene rings is 2. The molecule has 2 heterocycles. The minimum Gasteiger partial charge on any atom is -0.482 e. The second-order valence-corrected chi connectivity index (χ2v) is 7.48. The Labute approximate surface area is 171 Å². The van der Waals surface area contributed by atoms with Gasteiger partial charge in [0.2, 0.25) is 0 Å². The molecular weight excluding hydrogens is 399 g/mol. The summed E-state index contributed by atoms with van der Waals surface area (Å²) in [6.07, 6.45) is 0.938. The van der Waals surface area contributed by atoms with Crippen LogP contribution in [-0.4, -0.2) is 42.2 Å². The number of ketones is 1. The lowest BCUT2D eigenvalue weighted by Crippen LogP contribution is -2.40. The maximum atomic E-state index is 14.0. The first-order valence-electron chi connectivity index (χ1n) is 9.28. The number of anilines is 1. The zero-order valence-electron chi connectivity index (χ0n) is 15.4. The summed E-state index contributed by atoms with van der Waals surface area (Å²) in [7, 11) is 0. The van der Waals surface area contributed by atoms with Crippen LogP contribution in [0, 0.1) is 11.7 Å². The SMILES string of the molecule is O=C1COc2ccc(C(=O)C3CCN(C(=O)c4c(F)cccc4Cl)CC3)cc2N1. The van der Waals surface area contributed by atoms with E-state index in [9.17, 15) is 18.8 Å². The Hall–Kier alpha value is -2.93. The van der Waals surface area contributed by atoms with E-state index in [-0.39, 0.29) is 34.8 Å². The molecule has 0 unspecified atom stereocenters. The number of carbonyl (C=O) groups is 3. The van der Waals surface area contributed by atoms with Crippen molar-refractivity contribution in [2.45, 2.75) is 12.8 Å². The Kier molecular flexibility index (Phi) is 5.24. The zero-order valence-corrected chi connectivity index (χ0v) is 16.2. The van der Waals surface area contributed by atoms with Crippen LogP contribution in [0.25, 0.3) is 0 Å². The van der Waals surface area contributed by atoms with Gasteiger partial charge in [-0.05, 0) is 43.2 Å². The summed E-state index contributed by atoms with van der Waals surface area (Å²) in [4.78, 5) is 38.5. The molecule has 8 heteroatoms. The van der Waals surface area contributed by atoms with Gasteiger partial charge >= 0.3 is 0 Å². The van der Waals surface area contributed by atoms with Crippen molar-refractivity contribution >= 4 is 34.9 Å². The van der Waals surface area contributed by atoms with Crippen LogP contribution >= 0.6 is 11.6 Å². The molecule has 2 aliphatic rings. The molecule has 2 aromatic rings. The van der Waals surface area contributed by atoms with Gasteiger partial charge in [-0.1, -0.05) is 17.7 Å². The molecule has 2 aromatic carbocycles. The van der Waals surface area contributed by atoms with E-state index in [4.69, 9.17) is 16.3 Å². The first-order valence-corrected chi connectivity index (χ1v) is 9.66. The third-order valence-corrected chi connectivity index (χ3v) is 5.54. The Bertz CT molecular complexity index is 982. The van der Waals surface area contributed by atoms with Gasteiger partial charge in [0.1, 0.15) is 11.6 Å². The first kappa shape index (κ1) is 19.4. The third-order valence-electron chi connectivity index (χ3n) is 5.23. The van der Waals surface area contributed by atoms with Crippen molar-refractivity contribution < 1.29 is 23.5 Å². The molecule has 2 amide bonds. The number of amides is 2. The summed E-state index contributed by atoms with van der Waals surface area (Å²) in [5, 5.41) is 2.77. The second kappa shape index (κ2) is 7.83. The lowest BCUT2D eigenvalue weighted by atomic mass is 9.88. The minimum atomic E-state index is -0.654. The highest BCUT2D eigenvalue weighted by molar-refractivity contribution is 6.33. The first-order chi connectivity index (χ1) is 13.9. The van der Waals surface area contributed by atoms with Gasteiger partial charge in [0.15, 0.2) is 12.4 Å². The molecule has 0 atom stereocenters. The highest BCUT2D eigenvalue weighted by Gasteiger charge is 2.30. The fourth-order valence-electron chi connectivity index (χ4n) is 3.68. The normalized spacial score (nSPS) is 16.6. The zero-order chi connectivity index (χ0) is 20.5. The summed E-state index contributed by atoms with van der Waals surface area (Å²) in [5.74, 6) is -1.16. The van der Waals surface area contributed by atoms with Gasteiger partial charge in [-0.2, -0.15) is 0 Å². The summed E-state index contributed by atoms with van der Waals surface area (Å²) in [6, 6.07) is 9.09. The van der Waals surface area contributed by atoms with Crippen molar-refractivity contribution in [2.75, 3.05) is 25.0 Å². The quantitative estimate of drug-likeness (QED) is 0.776. The predicted octanol–water partition coefficient (Wildman–Crippen LogP) is 3.55. The van der Waals surface area contributed by atoms with E-state index in [0.717, 1.165) is 0 Å². The van der Waals surface area contributed by atoms with Crippen molar-refractivity contribution in [3.63, 3.8) is 0 Å². The number of likely N-dealkylation sites (tertiary alicyclic amines) is 1. The van der Waals surface area contributed by atoms with Crippen molar-refractivity contribution in [2.24, 2.45) is 5.92 Å². The number of rotatable bonds is 3. The number of ether oxygens (including phenoxy) is 1. The van der Waals surface area contributed by atoms with E-state index in [1.54, 1.807) is 18.2 Å². The molecule has 29 heavy (non-hydrogen) atoms. The standard InChI is InChI=1S/C21H18ClFN2O4/c22-14-2-1-3-15(23)19(14)21(28)25-8-6-12(7-9-25)20(27)13-4-5-17-16(10-13)24-18(26)11-29-17/h1-5,10,12H,6-9,11H2,(H,24,26). The number of carbonyl (C=O) groups excluding carboxylic acids is 3. The lowest BCUT2D eigenvalue weighted by Gasteiger charge is -2.31. The fourth-order valence-corrected chi connectivity index (χ4v) is 3.92. The van der Waals surface area contributed by atoms with E-state index >= 15 is 0 Å². The molecule has 0 aliphatic carbocycles. The fraction of sp³-hybridized carbons (Fsp3) is 0.286. The van der Waals surface area contributed by atoms with Crippen LogP contribution in [0.15, 0.2) is 36.4 Å². The largest absolute Gasteiger partial charge is 0.482 e. The lowest BCUT2D eigenvalue weighted by molar-refractivity contribution is -0.118. The van der Waals surface area contributed by atoms with E-state index in [1.807, 2.05) is 0 Å². The number of Topliss-reactive ketones (excluding diaryl/α,β-unsaturated/α-hetero) is 1. The summed E-state index contributed by atoms with van der Waals surface area (Å²) < 4.78 is 19.3. The van der Waals surface area contributed by atoms with E-state index in [1.165, 1.54) is 23.1 Å². The molecule has 1 fully saturated rings. The molecule has 0 saturated carbocycles. The number of fused-ring (bicyclic) bond motifs is 1. The van der Waals surface area contributed by atoms with Crippen LogP contribution in [0.1, 0.15) is 33.6 Å². The summed E-state index contributed by atoms with van der Waals surface area (Å²) >= 11 is 5.99.